The zero-order chi connectivity index (χ0) is 29.6. The van der Waals surface area contributed by atoms with Crippen LogP contribution in [0.15, 0.2) is 97.3 Å². The smallest absolute Gasteiger partial charge is 0.374 e. The maximum atomic E-state index is 12.1. The summed E-state index contributed by atoms with van der Waals surface area (Å²) in [6, 6.07) is 22.7. The van der Waals surface area contributed by atoms with Crippen LogP contribution in [-0.4, -0.2) is 37.8 Å². The second kappa shape index (κ2) is 11.9. The summed E-state index contributed by atoms with van der Waals surface area (Å²) in [4.78, 5) is 7.72. The van der Waals surface area contributed by atoms with E-state index in [1.807, 2.05) is 0 Å². The van der Waals surface area contributed by atoms with Crippen molar-refractivity contribution in [2.24, 2.45) is 0 Å². The molecule has 0 saturated carbocycles. The average Bonchev–Trinajstić information content (AvgIpc) is 2.89. The lowest BCUT2D eigenvalue weighted by Crippen LogP contribution is -2.28. The number of hydrogen-bond donors (Lipinski definition) is 0. The number of halogens is 6. The van der Waals surface area contributed by atoms with Crippen molar-refractivity contribution in [3.05, 3.63) is 97.3 Å². The van der Waals surface area contributed by atoms with Gasteiger partial charge < -0.3 is 8.37 Å². The number of aromatic nitrogens is 2. The van der Waals surface area contributed by atoms with Crippen LogP contribution in [0.3, 0.4) is 0 Å². The fraction of sp³-hybridized carbons (Fsp3) is 0.0833. The van der Waals surface area contributed by atoms with Gasteiger partial charge in [0.2, 0.25) is 0 Å². The van der Waals surface area contributed by atoms with E-state index in [0.29, 0.717) is 11.4 Å². The van der Waals surface area contributed by atoms with E-state index in [1.54, 1.807) is 60.7 Å². The van der Waals surface area contributed by atoms with Gasteiger partial charge in [-0.3, -0.25) is 9.97 Å². The first kappa shape index (κ1) is 30.4. The normalized spacial score (nSPS) is 12.2. The Hall–Kier alpha value is -4.18. The Morgan fingerprint density at radius 3 is 1.07 bits per heavy atom. The molecule has 0 aliphatic rings. The lowest BCUT2D eigenvalue weighted by atomic mass is 10.1. The van der Waals surface area contributed by atoms with Gasteiger partial charge in [-0.1, -0.05) is 60.7 Å². The highest BCUT2D eigenvalue weighted by molar-refractivity contribution is 7.88. The van der Waals surface area contributed by atoms with Crippen LogP contribution >= 0.6 is 0 Å². The number of benzene rings is 2. The zero-order valence-electron chi connectivity index (χ0n) is 19.7. The van der Waals surface area contributed by atoms with Crippen LogP contribution in [0.5, 0.6) is 11.5 Å². The summed E-state index contributed by atoms with van der Waals surface area (Å²) in [5.74, 6) is -0.996. The Morgan fingerprint density at radius 1 is 0.500 bits per heavy atom. The fourth-order valence-corrected chi connectivity index (χ4v) is 3.66. The van der Waals surface area contributed by atoms with Gasteiger partial charge in [0.25, 0.3) is 0 Å². The summed E-state index contributed by atoms with van der Waals surface area (Å²) in [6.07, 6.45) is 1.84. The molecule has 0 atom stereocenters. The van der Waals surface area contributed by atoms with Crippen molar-refractivity contribution in [3.8, 4) is 34.0 Å². The third-order valence-electron chi connectivity index (χ3n) is 4.59. The predicted octanol–water partition coefficient (Wildman–Crippen LogP) is 5.95. The van der Waals surface area contributed by atoms with Crippen molar-refractivity contribution in [2.45, 2.75) is 11.0 Å². The number of pyridine rings is 2. The van der Waals surface area contributed by atoms with Gasteiger partial charge in [0.05, 0.1) is 23.8 Å². The monoisotopic (exact) mass is 606 g/mol. The largest absolute Gasteiger partial charge is 0.534 e. The molecule has 8 nitrogen and oxygen atoms in total. The van der Waals surface area contributed by atoms with Crippen molar-refractivity contribution >= 4 is 20.2 Å². The summed E-state index contributed by atoms with van der Waals surface area (Å²) in [7, 11) is -11.3. The molecule has 0 radical (unpaired) electrons. The van der Waals surface area contributed by atoms with Crippen molar-refractivity contribution in [1.82, 2.24) is 9.97 Å². The standard InChI is InChI=1S/2C12H8F3NO3S/c2*13-12(14,15)20(17,18)19-10-6-7-11(16-8-10)9-4-2-1-3-5-9/h2*1-8H. The molecule has 212 valence electrons. The predicted molar refractivity (Wildman–Crippen MR) is 131 cm³/mol. The molecule has 0 amide bonds. The SMILES string of the molecule is O=S(=O)(Oc1ccc(-c2ccccc2)nc1)C(F)(F)F.O=S(=O)(Oc1ccc(-c2ccccc2)nc1)C(F)(F)F. The van der Waals surface area contributed by atoms with Crippen LogP contribution in [0.25, 0.3) is 22.5 Å². The number of rotatable bonds is 6. The van der Waals surface area contributed by atoms with Crippen molar-refractivity contribution in [2.75, 3.05) is 0 Å². The second-order valence-corrected chi connectivity index (χ2v) is 10.5. The Morgan fingerprint density at radius 2 is 0.825 bits per heavy atom. The molecular weight excluding hydrogens is 590 g/mol. The molecule has 0 bridgehead atoms. The van der Waals surface area contributed by atoms with Gasteiger partial charge >= 0.3 is 31.3 Å². The number of hydrogen-bond acceptors (Lipinski definition) is 8. The molecule has 0 fully saturated rings. The van der Waals surface area contributed by atoms with Crippen molar-refractivity contribution < 1.29 is 51.5 Å². The highest BCUT2D eigenvalue weighted by Gasteiger charge is 2.49. The number of alkyl halides is 6. The average molecular weight is 607 g/mol. The van der Waals surface area contributed by atoms with Gasteiger partial charge in [-0.05, 0) is 24.3 Å². The van der Waals surface area contributed by atoms with E-state index in [9.17, 15) is 43.2 Å². The molecule has 2 aromatic carbocycles. The first-order valence-corrected chi connectivity index (χ1v) is 13.5. The van der Waals surface area contributed by atoms with Crippen LogP contribution < -0.4 is 8.37 Å². The minimum atomic E-state index is -5.67. The molecule has 0 spiro atoms. The van der Waals surface area contributed by atoms with Crippen LogP contribution in [0, 0.1) is 0 Å². The van der Waals surface area contributed by atoms with Gasteiger partial charge in [-0.2, -0.15) is 43.2 Å². The van der Waals surface area contributed by atoms with E-state index >= 15 is 0 Å². The first-order chi connectivity index (χ1) is 18.6. The maximum Gasteiger partial charge on any atom is 0.534 e. The minimum Gasteiger partial charge on any atom is -0.374 e. The lowest BCUT2D eigenvalue weighted by molar-refractivity contribution is -0.0505. The second-order valence-electron chi connectivity index (χ2n) is 7.46. The Bertz CT molecular complexity index is 1490. The van der Waals surface area contributed by atoms with Crippen molar-refractivity contribution in [1.29, 1.82) is 0 Å². The van der Waals surface area contributed by atoms with Gasteiger partial charge in [-0.15, -0.1) is 0 Å². The summed E-state index contributed by atoms with van der Waals surface area (Å²) >= 11 is 0. The summed E-state index contributed by atoms with van der Waals surface area (Å²) in [6.45, 7) is 0. The third-order valence-corrected chi connectivity index (χ3v) is 6.55. The summed E-state index contributed by atoms with van der Waals surface area (Å²) in [5, 5.41) is 0. The Kier molecular flexibility index (Phi) is 9.04. The topological polar surface area (TPSA) is 113 Å². The van der Waals surface area contributed by atoms with Gasteiger partial charge in [-0.25, -0.2) is 0 Å². The quantitative estimate of drug-likeness (QED) is 0.150. The molecule has 0 aliphatic carbocycles. The van der Waals surface area contributed by atoms with Crippen LogP contribution in [0.4, 0.5) is 26.3 Å². The van der Waals surface area contributed by atoms with E-state index in [1.165, 1.54) is 12.1 Å². The van der Waals surface area contributed by atoms with E-state index < -0.39 is 42.8 Å². The molecule has 40 heavy (non-hydrogen) atoms. The lowest BCUT2D eigenvalue weighted by Gasteiger charge is -2.09. The molecule has 0 saturated heterocycles. The molecule has 4 rings (SSSR count). The van der Waals surface area contributed by atoms with E-state index in [0.717, 1.165) is 35.7 Å². The molecular formula is C24H16F6N2O6S2. The van der Waals surface area contributed by atoms with Gasteiger partial charge in [0.15, 0.2) is 11.5 Å². The molecule has 16 heteroatoms. The van der Waals surface area contributed by atoms with Crippen molar-refractivity contribution in [3.63, 3.8) is 0 Å². The molecule has 0 aliphatic heterocycles. The maximum absolute atomic E-state index is 12.1. The van der Waals surface area contributed by atoms with Crippen LogP contribution in [-0.2, 0) is 20.2 Å². The molecule has 2 heterocycles. The summed E-state index contributed by atoms with van der Waals surface area (Å²) in [5.41, 5.74) is -8.46. The third kappa shape index (κ3) is 7.92. The van der Waals surface area contributed by atoms with Gasteiger partial charge in [0, 0.05) is 11.1 Å². The summed E-state index contributed by atoms with van der Waals surface area (Å²) < 4.78 is 124. The minimum absolute atomic E-state index is 0.488. The highest BCUT2D eigenvalue weighted by Crippen LogP contribution is 2.28. The zero-order valence-corrected chi connectivity index (χ0v) is 21.3. The molecule has 2 aromatic heterocycles. The van der Waals surface area contributed by atoms with E-state index in [2.05, 4.69) is 18.3 Å². The molecule has 0 N–H and O–H groups in total. The molecule has 4 aromatic rings. The van der Waals surface area contributed by atoms with Gasteiger partial charge in [0.1, 0.15) is 0 Å². The van der Waals surface area contributed by atoms with E-state index in [4.69, 9.17) is 0 Å². The fourth-order valence-electron chi connectivity index (χ4n) is 2.77. The number of nitrogens with zero attached hydrogens (tertiary/aromatic N) is 2. The van der Waals surface area contributed by atoms with E-state index in [-0.39, 0.29) is 0 Å². The molecule has 0 unspecified atom stereocenters. The first-order valence-electron chi connectivity index (χ1n) is 10.6. The highest BCUT2D eigenvalue weighted by atomic mass is 32.2. The van der Waals surface area contributed by atoms with Crippen LogP contribution in [0.1, 0.15) is 0 Å². The van der Waals surface area contributed by atoms with Crippen LogP contribution in [0.2, 0.25) is 0 Å². The Labute approximate surface area is 224 Å². The Balaban J connectivity index is 0.000000220.